The van der Waals surface area contributed by atoms with Crippen LogP contribution >= 0.6 is 0 Å². The Labute approximate surface area is 127 Å². The van der Waals surface area contributed by atoms with E-state index in [1.54, 1.807) is 4.90 Å². The number of hydrazone groups is 1. The van der Waals surface area contributed by atoms with Crippen LogP contribution in [0.3, 0.4) is 0 Å². The van der Waals surface area contributed by atoms with Crippen LogP contribution in [0.25, 0.3) is 0 Å². The molecule has 3 heterocycles. The summed E-state index contributed by atoms with van der Waals surface area (Å²) >= 11 is 0. The van der Waals surface area contributed by atoms with Crippen molar-refractivity contribution in [2.45, 2.75) is 19.3 Å². The fourth-order valence-electron chi connectivity index (χ4n) is 3.46. The van der Waals surface area contributed by atoms with E-state index in [2.05, 4.69) is 5.10 Å². The van der Waals surface area contributed by atoms with Gasteiger partial charge in [-0.25, -0.2) is 5.01 Å². The van der Waals surface area contributed by atoms with Crippen molar-refractivity contribution in [2.75, 3.05) is 33.4 Å². The van der Waals surface area contributed by atoms with Gasteiger partial charge in [0.25, 0.3) is 5.91 Å². The predicted octanol–water partition coefficient (Wildman–Crippen LogP) is -0.456. The molecular weight excluding hydrogens is 290 g/mol. The van der Waals surface area contributed by atoms with Gasteiger partial charge in [-0.05, 0) is 6.42 Å². The molecule has 22 heavy (non-hydrogen) atoms. The molecular formula is C14H19N3O5. The zero-order chi connectivity index (χ0) is 15.9. The molecule has 2 atom stereocenters. The van der Waals surface area contributed by atoms with E-state index in [0.717, 1.165) is 0 Å². The predicted molar refractivity (Wildman–Crippen MR) is 75.0 cm³/mol. The minimum atomic E-state index is -0.912. The molecule has 0 aromatic rings. The van der Waals surface area contributed by atoms with E-state index < -0.39 is 11.4 Å². The second-order valence-corrected chi connectivity index (χ2v) is 6.13. The Morgan fingerprint density at radius 2 is 2.18 bits per heavy atom. The number of carboxylic acid groups (broad SMARTS) is 1. The molecule has 0 unspecified atom stereocenters. The maximum Gasteiger partial charge on any atom is 0.311 e. The first-order valence-corrected chi connectivity index (χ1v) is 7.38. The molecule has 3 aliphatic rings. The topological polar surface area (TPSA) is 99.5 Å². The number of hydrogen-bond donors (Lipinski definition) is 1. The lowest BCUT2D eigenvalue weighted by Crippen LogP contribution is -2.45. The second kappa shape index (κ2) is 5.35. The number of carbonyl (C=O) groups is 3. The van der Waals surface area contributed by atoms with Crippen LogP contribution in [0.4, 0.5) is 0 Å². The number of likely N-dealkylation sites (tertiary alicyclic amines) is 1. The van der Waals surface area contributed by atoms with Crippen LogP contribution in [0.5, 0.6) is 0 Å². The molecule has 8 nitrogen and oxygen atoms in total. The standard InChI is InChI=1S/C14H19N3O5/c1-16-11(18)3-2-10(15-16)12(19)17-6-9-7-22-5-4-14(9,8-17)13(20)21/h9H,2-8H2,1H3,(H,20,21)/t9-,14+/m0/s1. The Kier molecular flexibility index (Phi) is 3.64. The number of hydrogen-bond acceptors (Lipinski definition) is 5. The van der Waals surface area contributed by atoms with E-state index >= 15 is 0 Å². The zero-order valence-corrected chi connectivity index (χ0v) is 12.4. The summed E-state index contributed by atoms with van der Waals surface area (Å²) < 4.78 is 5.38. The summed E-state index contributed by atoms with van der Waals surface area (Å²) in [6.07, 6.45) is 0.979. The zero-order valence-electron chi connectivity index (χ0n) is 12.4. The molecule has 1 N–H and O–H groups in total. The van der Waals surface area contributed by atoms with Crippen LogP contribution in [-0.4, -0.2) is 71.9 Å². The van der Waals surface area contributed by atoms with E-state index in [-0.39, 0.29) is 30.7 Å². The van der Waals surface area contributed by atoms with Gasteiger partial charge < -0.3 is 14.7 Å². The van der Waals surface area contributed by atoms with Crippen molar-refractivity contribution in [1.29, 1.82) is 0 Å². The molecule has 120 valence electrons. The van der Waals surface area contributed by atoms with Gasteiger partial charge in [-0.15, -0.1) is 0 Å². The van der Waals surface area contributed by atoms with Gasteiger partial charge in [-0.3, -0.25) is 14.4 Å². The van der Waals surface area contributed by atoms with Crippen molar-refractivity contribution in [3.63, 3.8) is 0 Å². The van der Waals surface area contributed by atoms with Crippen LogP contribution in [-0.2, 0) is 19.1 Å². The average molecular weight is 309 g/mol. The molecule has 2 amide bonds. The summed E-state index contributed by atoms with van der Waals surface area (Å²) in [4.78, 5) is 37.3. The van der Waals surface area contributed by atoms with Gasteiger partial charge >= 0.3 is 5.97 Å². The molecule has 3 aliphatic heterocycles. The van der Waals surface area contributed by atoms with Gasteiger partial charge in [0.05, 0.1) is 12.0 Å². The molecule has 3 rings (SSSR count). The normalized spacial score (nSPS) is 31.8. The second-order valence-electron chi connectivity index (χ2n) is 6.13. The number of amides is 2. The van der Waals surface area contributed by atoms with Crippen molar-refractivity contribution in [3.8, 4) is 0 Å². The van der Waals surface area contributed by atoms with Crippen molar-refractivity contribution < 1.29 is 24.2 Å². The molecule has 2 fully saturated rings. The summed E-state index contributed by atoms with van der Waals surface area (Å²) in [6, 6.07) is 0. The van der Waals surface area contributed by atoms with Crippen LogP contribution in [0.15, 0.2) is 5.10 Å². The summed E-state index contributed by atoms with van der Waals surface area (Å²) in [5, 5.41) is 14.8. The third-order valence-electron chi connectivity index (χ3n) is 4.87. The lowest BCUT2D eigenvalue weighted by Gasteiger charge is -2.33. The highest BCUT2D eigenvalue weighted by atomic mass is 16.5. The number of rotatable bonds is 2. The summed E-state index contributed by atoms with van der Waals surface area (Å²) in [7, 11) is 1.52. The fraction of sp³-hybridized carbons (Fsp3) is 0.714. The first-order valence-electron chi connectivity index (χ1n) is 7.38. The van der Waals surface area contributed by atoms with Crippen LogP contribution in [0.1, 0.15) is 19.3 Å². The Morgan fingerprint density at radius 1 is 1.41 bits per heavy atom. The number of ether oxygens (including phenoxy) is 1. The number of fused-ring (bicyclic) bond motifs is 1. The Bertz CT molecular complexity index is 561. The summed E-state index contributed by atoms with van der Waals surface area (Å²) in [5.41, 5.74) is -0.590. The van der Waals surface area contributed by atoms with Gasteiger partial charge in [-0.2, -0.15) is 5.10 Å². The summed E-state index contributed by atoms with van der Waals surface area (Å²) in [6.45, 7) is 1.32. The maximum absolute atomic E-state index is 12.6. The lowest BCUT2D eigenvalue weighted by atomic mass is 9.74. The molecule has 0 aromatic carbocycles. The van der Waals surface area contributed by atoms with E-state index in [1.165, 1.54) is 12.1 Å². The molecule has 0 spiro atoms. The molecule has 2 saturated heterocycles. The SMILES string of the molecule is CN1N=C(C(=O)N2C[C@H]3COCC[C@@]3(C(=O)O)C2)CCC1=O. The van der Waals surface area contributed by atoms with Crippen LogP contribution in [0, 0.1) is 11.3 Å². The first-order chi connectivity index (χ1) is 10.4. The number of nitrogens with zero attached hydrogens (tertiary/aromatic N) is 3. The van der Waals surface area contributed by atoms with Gasteiger partial charge in [0, 0.05) is 45.5 Å². The minimum absolute atomic E-state index is 0.123. The number of aliphatic carboxylic acids is 1. The third-order valence-corrected chi connectivity index (χ3v) is 4.87. The van der Waals surface area contributed by atoms with Gasteiger partial charge in [0.2, 0.25) is 5.91 Å². The van der Waals surface area contributed by atoms with Crippen molar-refractivity contribution in [3.05, 3.63) is 0 Å². The van der Waals surface area contributed by atoms with Crippen LogP contribution < -0.4 is 0 Å². The Morgan fingerprint density at radius 3 is 2.82 bits per heavy atom. The fourth-order valence-corrected chi connectivity index (χ4v) is 3.46. The van der Waals surface area contributed by atoms with E-state index in [0.29, 0.717) is 38.3 Å². The smallest absolute Gasteiger partial charge is 0.311 e. The third kappa shape index (κ3) is 2.27. The van der Waals surface area contributed by atoms with Crippen LogP contribution in [0.2, 0.25) is 0 Å². The van der Waals surface area contributed by atoms with E-state index in [9.17, 15) is 19.5 Å². The monoisotopic (exact) mass is 309 g/mol. The largest absolute Gasteiger partial charge is 0.481 e. The summed E-state index contributed by atoms with van der Waals surface area (Å²) in [5.74, 6) is -1.45. The first kappa shape index (κ1) is 15.0. The highest BCUT2D eigenvalue weighted by Gasteiger charge is 2.55. The molecule has 0 aromatic heterocycles. The highest BCUT2D eigenvalue weighted by molar-refractivity contribution is 6.39. The molecule has 0 saturated carbocycles. The quantitative estimate of drug-likeness (QED) is 0.744. The van der Waals surface area contributed by atoms with Gasteiger partial charge in [-0.1, -0.05) is 0 Å². The number of carboxylic acids is 1. The molecule has 0 aliphatic carbocycles. The Hall–Kier alpha value is -1.96. The van der Waals surface area contributed by atoms with Crippen molar-refractivity contribution in [2.24, 2.45) is 16.4 Å². The maximum atomic E-state index is 12.6. The number of carbonyl (C=O) groups excluding carboxylic acids is 2. The molecule has 0 radical (unpaired) electrons. The van der Waals surface area contributed by atoms with Gasteiger partial charge in [0.15, 0.2) is 0 Å². The molecule has 0 bridgehead atoms. The van der Waals surface area contributed by atoms with E-state index in [1.807, 2.05) is 0 Å². The minimum Gasteiger partial charge on any atom is -0.481 e. The highest BCUT2D eigenvalue weighted by Crippen LogP contribution is 2.42. The Balaban J connectivity index is 1.79. The van der Waals surface area contributed by atoms with E-state index in [4.69, 9.17) is 4.74 Å². The lowest BCUT2D eigenvalue weighted by molar-refractivity contribution is -0.157. The van der Waals surface area contributed by atoms with Crippen molar-refractivity contribution in [1.82, 2.24) is 9.91 Å². The van der Waals surface area contributed by atoms with Gasteiger partial charge in [0.1, 0.15) is 5.71 Å². The van der Waals surface area contributed by atoms with Crippen molar-refractivity contribution >= 4 is 23.5 Å². The molecule has 8 heteroatoms. The average Bonchev–Trinajstić information content (AvgIpc) is 2.90.